The molecule has 1 aromatic heterocycles. The monoisotopic (exact) mass is 296 g/mol. The molecular weight excluding hydrogens is 284 g/mol. The van der Waals surface area contributed by atoms with Gasteiger partial charge in [0.25, 0.3) is 0 Å². The van der Waals surface area contributed by atoms with Gasteiger partial charge in [0.1, 0.15) is 18.2 Å². The second-order valence-electron chi connectivity index (χ2n) is 3.65. The number of aliphatic hydroxyl groups is 1. The van der Waals surface area contributed by atoms with Crippen LogP contribution in [0.15, 0.2) is 35.1 Å². The van der Waals surface area contributed by atoms with Crippen LogP contribution in [-0.2, 0) is 20.3 Å². The van der Waals surface area contributed by atoms with E-state index in [0.29, 0.717) is 6.61 Å². The zero-order chi connectivity index (χ0) is 12.3. The van der Waals surface area contributed by atoms with E-state index in [1.807, 2.05) is 36.0 Å². The van der Waals surface area contributed by atoms with Crippen LogP contribution in [0, 0.1) is 0 Å². The van der Waals surface area contributed by atoms with Gasteiger partial charge in [-0.3, -0.25) is 0 Å². The summed E-state index contributed by atoms with van der Waals surface area (Å²) in [5, 5.41) is 9.14. The number of aromatic nitrogens is 2. The summed E-state index contributed by atoms with van der Waals surface area (Å²) in [6, 6.07) is 5.53. The Morgan fingerprint density at radius 2 is 2.29 bits per heavy atom. The molecule has 0 amide bonds. The molecule has 2 rings (SSSR count). The van der Waals surface area contributed by atoms with Gasteiger partial charge < -0.3 is 14.4 Å². The van der Waals surface area contributed by atoms with Crippen molar-refractivity contribution in [3.05, 3.63) is 46.5 Å². The molecule has 0 saturated heterocycles. The third-order valence-corrected chi connectivity index (χ3v) is 3.25. The fourth-order valence-corrected chi connectivity index (χ4v) is 1.82. The van der Waals surface area contributed by atoms with E-state index >= 15 is 0 Å². The molecular formula is C12H13BrN2O2. The van der Waals surface area contributed by atoms with Crippen LogP contribution in [-0.4, -0.2) is 14.7 Å². The van der Waals surface area contributed by atoms with Crippen molar-refractivity contribution in [1.82, 2.24) is 9.55 Å². The molecule has 2 aromatic rings. The second kappa shape index (κ2) is 5.33. The molecule has 0 fully saturated rings. The van der Waals surface area contributed by atoms with Gasteiger partial charge in [-0.1, -0.05) is 15.9 Å². The summed E-state index contributed by atoms with van der Waals surface area (Å²) in [5.74, 6) is 1.58. The Morgan fingerprint density at radius 1 is 1.47 bits per heavy atom. The minimum atomic E-state index is -0.0137. The molecule has 0 bridgehead atoms. The number of aliphatic hydroxyl groups excluding tert-OH is 1. The fourth-order valence-electron chi connectivity index (χ4n) is 1.45. The quantitative estimate of drug-likeness (QED) is 0.941. The van der Waals surface area contributed by atoms with Crippen LogP contribution in [0.1, 0.15) is 11.4 Å². The maximum Gasteiger partial charge on any atom is 0.146 e. The highest BCUT2D eigenvalue weighted by atomic mass is 79.9. The summed E-state index contributed by atoms with van der Waals surface area (Å²) in [6.45, 7) is 0.399. The van der Waals surface area contributed by atoms with Crippen molar-refractivity contribution in [2.24, 2.45) is 7.05 Å². The molecule has 0 aliphatic heterocycles. The lowest BCUT2D eigenvalue weighted by atomic mass is 10.2. The number of halogens is 1. The third kappa shape index (κ3) is 2.87. The number of aryl methyl sites for hydroxylation is 1. The molecule has 17 heavy (non-hydrogen) atoms. The van der Waals surface area contributed by atoms with Gasteiger partial charge in [-0.05, 0) is 23.8 Å². The van der Waals surface area contributed by atoms with Crippen LogP contribution in [0.2, 0.25) is 0 Å². The Morgan fingerprint density at radius 3 is 2.94 bits per heavy atom. The lowest BCUT2D eigenvalue weighted by molar-refractivity contribution is 0.274. The number of imidazole rings is 1. The predicted octanol–water partition coefficient (Wildman–Crippen LogP) is 2.25. The summed E-state index contributed by atoms with van der Waals surface area (Å²) in [6.07, 6.45) is 3.61. The van der Waals surface area contributed by atoms with Crippen molar-refractivity contribution in [2.75, 3.05) is 0 Å². The van der Waals surface area contributed by atoms with Gasteiger partial charge in [-0.25, -0.2) is 4.98 Å². The highest BCUT2D eigenvalue weighted by molar-refractivity contribution is 9.10. The highest BCUT2D eigenvalue weighted by Crippen LogP contribution is 2.23. The molecule has 0 atom stereocenters. The van der Waals surface area contributed by atoms with Crippen molar-refractivity contribution >= 4 is 15.9 Å². The van der Waals surface area contributed by atoms with E-state index in [-0.39, 0.29) is 6.61 Å². The molecule has 4 nitrogen and oxygen atoms in total. The molecule has 0 saturated carbocycles. The maximum atomic E-state index is 9.14. The summed E-state index contributed by atoms with van der Waals surface area (Å²) < 4.78 is 8.40. The molecule has 0 aliphatic rings. The number of hydrogen-bond acceptors (Lipinski definition) is 3. The van der Waals surface area contributed by atoms with Crippen molar-refractivity contribution in [3.8, 4) is 5.75 Å². The zero-order valence-electron chi connectivity index (χ0n) is 9.43. The Bertz CT molecular complexity index is 511. The average Bonchev–Trinajstić information content (AvgIpc) is 2.74. The molecule has 5 heteroatoms. The lowest BCUT2D eigenvalue weighted by Gasteiger charge is -2.08. The van der Waals surface area contributed by atoms with Crippen LogP contribution in [0.3, 0.4) is 0 Å². The summed E-state index contributed by atoms with van der Waals surface area (Å²) in [7, 11) is 1.92. The summed E-state index contributed by atoms with van der Waals surface area (Å²) in [4.78, 5) is 4.17. The van der Waals surface area contributed by atoms with Gasteiger partial charge in [-0.2, -0.15) is 0 Å². The lowest BCUT2D eigenvalue weighted by Crippen LogP contribution is -2.03. The van der Waals surface area contributed by atoms with Crippen LogP contribution >= 0.6 is 15.9 Å². The molecule has 0 unspecified atom stereocenters. The van der Waals surface area contributed by atoms with Gasteiger partial charge in [0.05, 0.1) is 6.61 Å². The molecule has 1 N–H and O–H groups in total. The van der Waals surface area contributed by atoms with Gasteiger partial charge in [0.2, 0.25) is 0 Å². The smallest absolute Gasteiger partial charge is 0.146 e. The van der Waals surface area contributed by atoms with Crippen molar-refractivity contribution in [2.45, 2.75) is 13.2 Å². The highest BCUT2D eigenvalue weighted by Gasteiger charge is 2.03. The van der Waals surface area contributed by atoms with Crippen molar-refractivity contribution < 1.29 is 9.84 Å². The van der Waals surface area contributed by atoms with Gasteiger partial charge in [-0.15, -0.1) is 0 Å². The van der Waals surface area contributed by atoms with E-state index in [1.54, 1.807) is 6.20 Å². The minimum absolute atomic E-state index is 0.0137. The molecule has 1 heterocycles. The van der Waals surface area contributed by atoms with Crippen LogP contribution in [0.4, 0.5) is 0 Å². The maximum absolute atomic E-state index is 9.14. The second-order valence-corrected chi connectivity index (χ2v) is 4.51. The fraction of sp³-hybridized carbons (Fsp3) is 0.250. The van der Waals surface area contributed by atoms with E-state index in [0.717, 1.165) is 21.6 Å². The number of benzene rings is 1. The van der Waals surface area contributed by atoms with Gasteiger partial charge in [0.15, 0.2) is 0 Å². The molecule has 0 radical (unpaired) electrons. The van der Waals surface area contributed by atoms with Crippen LogP contribution < -0.4 is 4.74 Å². The first-order valence-corrected chi connectivity index (χ1v) is 5.98. The summed E-state index contributed by atoms with van der Waals surface area (Å²) >= 11 is 3.36. The normalized spacial score (nSPS) is 10.5. The number of rotatable bonds is 4. The first-order valence-electron chi connectivity index (χ1n) is 5.19. The van der Waals surface area contributed by atoms with Crippen molar-refractivity contribution in [3.63, 3.8) is 0 Å². The van der Waals surface area contributed by atoms with Crippen LogP contribution in [0.25, 0.3) is 0 Å². The summed E-state index contributed by atoms with van der Waals surface area (Å²) in [5.41, 5.74) is 0.808. The van der Waals surface area contributed by atoms with E-state index < -0.39 is 0 Å². The van der Waals surface area contributed by atoms with Gasteiger partial charge >= 0.3 is 0 Å². The van der Waals surface area contributed by atoms with Crippen molar-refractivity contribution in [1.29, 1.82) is 0 Å². The topological polar surface area (TPSA) is 47.3 Å². The number of hydrogen-bond donors (Lipinski definition) is 1. The molecule has 0 spiro atoms. The standard InChI is InChI=1S/C12H13BrN2O2/c1-15-5-4-14-12(15)8-17-10-2-3-11(13)9(6-10)7-16/h2-6,16H,7-8H2,1H3. The van der Waals surface area contributed by atoms with E-state index in [9.17, 15) is 0 Å². The Hall–Kier alpha value is -1.33. The largest absolute Gasteiger partial charge is 0.486 e. The van der Waals surface area contributed by atoms with Gasteiger partial charge in [0, 0.05) is 23.9 Å². The Balaban J connectivity index is 2.07. The molecule has 0 aliphatic carbocycles. The first-order chi connectivity index (χ1) is 8.20. The minimum Gasteiger partial charge on any atom is -0.486 e. The third-order valence-electron chi connectivity index (χ3n) is 2.48. The number of ether oxygens (including phenoxy) is 1. The zero-order valence-corrected chi connectivity index (χ0v) is 11.0. The SMILES string of the molecule is Cn1ccnc1COc1ccc(Br)c(CO)c1. The average molecular weight is 297 g/mol. The van der Waals surface area contributed by atoms with E-state index in [1.165, 1.54) is 0 Å². The van der Waals surface area contributed by atoms with E-state index in [4.69, 9.17) is 9.84 Å². The Kier molecular flexibility index (Phi) is 3.81. The first kappa shape index (κ1) is 12.1. The number of nitrogens with zero attached hydrogens (tertiary/aromatic N) is 2. The predicted molar refractivity (Wildman–Crippen MR) is 67.6 cm³/mol. The molecule has 90 valence electrons. The van der Waals surface area contributed by atoms with Crippen LogP contribution in [0.5, 0.6) is 5.75 Å². The molecule has 1 aromatic carbocycles. The van der Waals surface area contributed by atoms with E-state index in [2.05, 4.69) is 20.9 Å². The Labute approximate surface area is 108 Å².